The standard InChI is InChI=1S/C40H32ClF6N5O3S/c1-51-37-27(8-9-31(41)34(37)32(49-51)19-56(2,54)55)28-14-23(21-6-4-3-5-7-21)17-48-35(28)22(10-20-11-24(42)15-25(43)12-20)13-26(53)18-52-38-33(36(50-52)39(44)45)29-16-30(29)40(38,46)47/h3-9,11-12,14-15,17,22,29-30,39H,10,13,16,18-19H2,1-2H3/t22-,29+,30-/m1/s1. The molecule has 0 spiro atoms. The van der Waals surface area contributed by atoms with E-state index in [4.69, 9.17) is 16.6 Å². The molecule has 16 heteroatoms. The lowest BCUT2D eigenvalue weighted by atomic mass is 9.85. The SMILES string of the molecule is Cn1nc(CS(C)(=O)=O)c2c(Cl)ccc(-c3cc(-c4ccccc4)cnc3[C@@H](CC(=O)Cn3nc(C(F)F)c4c3C(F)(F)[C@@H]3C[C@H]43)Cc3cc(F)cc(F)c3)c21. The summed E-state index contributed by atoms with van der Waals surface area (Å²) >= 11 is 6.68. The number of Topliss-reactive ketones (excluding diaryl/α,β-unsaturated/α-hetero) is 1. The maximum atomic E-state index is 15.4. The number of carbonyl (C=O) groups is 1. The number of ketones is 1. The Kier molecular flexibility index (Phi) is 9.38. The van der Waals surface area contributed by atoms with Crippen LogP contribution in [0, 0.1) is 17.6 Å². The smallest absolute Gasteiger partial charge is 0.293 e. The molecular formula is C40H32ClF6N5O3S. The van der Waals surface area contributed by atoms with Crippen LogP contribution in [0.3, 0.4) is 0 Å². The third-order valence-electron chi connectivity index (χ3n) is 10.5. The van der Waals surface area contributed by atoms with Gasteiger partial charge in [-0.1, -0.05) is 48.0 Å². The number of hydrogen-bond donors (Lipinski definition) is 0. The molecule has 0 amide bonds. The average Bonchev–Trinajstić information content (AvgIpc) is 3.66. The number of alkyl halides is 4. The van der Waals surface area contributed by atoms with Gasteiger partial charge in [0.05, 0.1) is 27.7 Å². The van der Waals surface area contributed by atoms with Gasteiger partial charge in [0.1, 0.15) is 29.6 Å². The number of hydrogen-bond acceptors (Lipinski definition) is 6. The molecule has 0 radical (unpaired) electrons. The molecule has 2 aliphatic carbocycles. The van der Waals surface area contributed by atoms with Crippen molar-refractivity contribution in [2.24, 2.45) is 13.0 Å². The number of pyridine rings is 1. The summed E-state index contributed by atoms with van der Waals surface area (Å²) in [7, 11) is -1.93. The van der Waals surface area contributed by atoms with Gasteiger partial charge in [0.15, 0.2) is 15.6 Å². The van der Waals surface area contributed by atoms with E-state index in [-0.39, 0.29) is 40.4 Å². The number of aryl methyl sites for hydroxylation is 1. The van der Waals surface area contributed by atoms with Crippen molar-refractivity contribution >= 4 is 38.1 Å². The Morgan fingerprint density at radius 3 is 2.36 bits per heavy atom. The summed E-state index contributed by atoms with van der Waals surface area (Å²) in [4.78, 5) is 18.9. The second kappa shape index (κ2) is 13.9. The summed E-state index contributed by atoms with van der Waals surface area (Å²) in [6.07, 6.45) is -0.979. The van der Waals surface area contributed by atoms with Crippen LogP contribution in [0.2, 0.25) is 5.02 Å². The van der Waals surface area contributed by atoms with Gasteiger partial charge in [-0.05, 0) is 54.2 Å². The van der Waals surface area contributed by atoms with Crippen LogP contribution < -0.4 is 0 Å². The molecule has 3 heterocycles. The first-order valence-electron chi connectivity index (χ1n) is 17.6. The van der Waals surface area contributed by atoms with E-state index in [1.807, 2.05) is 36.4 Å². The highest BCUT2D eigenvalue weighted by Crippen LogP contribution is 2.68. The lowest BCUT2D eigenvalue weighted by Gasteiger charge is -2.22. The Morgan fingerprint density at radius 1 is 0.964 bits per heavy atom. The van der Waals surface area contributed by atoms with Crippen LogP contribution in [0.25, 0.3) is 33.2 Å². The summed E-state index contributed by atoms with van der Waals surface area (Å²) in [5, 5.41) is 8.90. The number of fused-ring (bicyclic) bond motifs is 4. The first-order valence-corrected chi connectivity index (χ1v) is 20.0. The minimum absolute atomic E-state index is 0.0590. The number of aromatic nitrogens is 5. The van der Waals surface area contributed by atoms with Gasteiger partial charge in [0, 0.05) is 71.5 Å². The number of rotatable bonds is 12. The van der Waals surface area contributed by atoms with Crippen molar-refractivity contribution < 1.29 is 39.6 Å². The summed E-state index contributed by atoms with van der Waals surface area (Å²) in [6, 6.07) is 17.2. The van der Waals surface area contributed by atoms with Gasteiger partial charge >= 0.3 is 0 Å². The van der Waals surface area contributed by atoms with Crippen LogP contribution >= 0.6 is 11.6 Å². The Balaban J connectivity index is 1.28. The molecule has 3 atom stereocenters. The maximum absolute atomic E-state index is 15.4. The maximum Gasteiger partial charge on any atom is 0.293 e. The topological polar surface area (TPSA) is 99.7 Å². The Hall–Kier alpha value is -5.02. The zero-order valence-electron chi connectivity index (χ0n) is 29.8. The zero-order valence-corrected chi connectivity index (χ0v) is 31.4. The van der Waals surface area contributed by atoms with Crippen LogP contribution in [0.4, 0.5) is 26.3 Å². The Labute approximate surface area is 322 Å². The molecule has 0 bridgehead atoms. The molecular weight excluding hydrogens is 780 g/mol. The quantitative estimate of drug-likeness (QED) is 0.114. The van der Waals surface area contributed by atoms with Crippen LogP contribution in [0.5, 0.6) is 0 Å². The lowest BCUT2D eigenvalue weighted by molar-refractivity contribution is -0.120. The normalized spacial score (nSPS) is 17.7. The second-order valence-electron chi connectivity index (χ2n) is 14.6. The van der Waals surface area contributed by atoms with Gasteiger partial charge in [-0.2, -0.15) is 19.0 Å². The average molecular weight is 812 g/mol. The van der Waals surface area contributed by atoms with Gasteiger partial charge < -0.3 is 0 Å². The van der Waals surface area contributed by atoms with Crippen molar-refractivity contribution in [3.8, 4) is 22.3 Å². The van der Waals surface area contributed by atoms with Gasteiger partial charge in [-0.3, -0.25) is 19.1 Å². The highest BCUT2D eigenvalue weighted by molar-refractivity contribution is 7.89. The molecule has 1 fully saturated rings. The predicted octanol–water partition coefficient (Wildman–Crippen LogP) is 9.11. The van der Waals surface area contributed by atoms with E-state index in [0.29, 0.717) is 38.3 Å². The highest BCUT2D eigenvalue weighted by atomic mass is 35.5. The minimum atomic E-state index is -3.55. The fourth-order valence-electron chi connectivity index (χ4n) is 8.19. The molecule has 0 N–H and O–H groups in total. The lowest BCUT2D eigenvalue weighted by Crippen LogP contribution is -2.24. The number of benzene rings is 3. The first kappa shape index (κ1) is 37.9. The molecule has 1 saturated carbocycles. The zero-order chi connectivity index (χ0) is 39.8. The second-order valence-corrected chi connectivity index (χ2v) is 17.1. The van der Waals surface area contributed by atoms with Gasteiger partial charge in [0.2, 0.25) is 0 Å². The molecule has 8 nitrogen and oxygen atoms in total. The van der Waals surface area contributed by atoms with E-state index in [9.17, 15) is 30.8 Å². The molecule has 3 aromatic carbocycles. The number of nitrogens with zero attached hydrogens (tertiary/aromatic N) is 5. The molecule has 0 saturated heterocycles. The van der Waals surface area contributed by atoms with Crippen molar-refractivity contribution in [3.63, 3.8) is 0 Å². The third kappa shape index (κ3) is 6.88. The van der Waals surface area contributed by atoms with E-state index >= 15 is 8.78 Å². The first-order chi connectivity index (χ1) is 26.5. The van der Waals surface area contributed by atoms with Gasteiger partial charge in [-0.15, -0.1) is 0 Å². The van der Waals surface area contributed by atoms with Gasteiger partial charge in [-0.25, -0.2) is 26.0 Å². The van der Waals surface area contributed by atoms with E-state index < -0.39 is 87.5 Å². The van der Waals surface area contributed by atoms with E-state index in [0.717, 1.165) is 24.0 Å². The van der Waals surface area contributed by atoms with Crippen molar-refractivity contribution in [2.75, 3.05) is 6.26 Å². The summed E-state index contributed by atoms with van der Waals surface area (Å²) < 4.78 is 115. The van der Waals surface area contributed by atoms with E-state index in [1.165, 1.54) is 4.68 Å². The predicted molar refractivity (Wildman–Crippen MR) is 197 cm³/mol. The van der Waals surface area contributed by atoms with E-state index in [2.05, 4.69) is 10.2 Å². The molecule has 3 aromatic heterocycles. The highest BCUT2D eigenvalue weighted by Gasteiger charge is 2.67. The van der Waals surface area contributed by atoms with Crippen molar-refractivity contribution in [2.45, 2.75) is 55.7 Å². The fraction of sp³-hybridized carbons (Fsp3) is 0.300. The summed E-state index contributed by atoms with van der Waals surface area (Å²) in [5.74, 6) is -9.07. The summed E-state index contributed by atoms with van der Waals surface area (Å²) in [6.45, 7) is -0.753. The Morgan fingerprint density at radius 2 is 1.68 bits per heavy atom. The molecule has 2 aliphatic rings. The fourth-order valence-corrected chi connectivity index (χ4v) is 9.15. The van der Waals surface area contributed by atoms with E-state index in [1.54, 1.807) is 25.4 Å². The van der Waals surface area contributed by atoms with Crippen LogP contribution in [-0.2, 0) is 46.3 Å². The number of carbonyl (C=O) groups excluding carboxylic acids is 1. The van der Waals surface area contributed by atoms with Crippen molar-refractivity contribution in [1.29, 1.82) is 0 Å². The molecule has 0 aliphatic heterocycles. The minimum Gasteiger partial charge on any atom is -0.298 e. The molecule has 6 aromatic rings. The number of halogens is 7. The van der Waals surface area contributed by atoms with Crippen molar-refractivity contribution in [1.82, 2.24) is 24.5 Å². The van der Waals surface area contributed by atoms with Crippen LogP contribution in [0.1, 0.15) is 65.0 Å². The molecule has 290 valence electrons. The largest absolute Gasteiger partial charge is 0.298 e. The molecule has 56 heavy (non-hydrogen) atoms. The van der Waals surface area contributed by atoms with Crippen LogP contribution in [0.15, 0.2) is 72.9 Å². The molecule has 0 unspecified atom stereocenters. The van der Waals surface area contributed by atoms with Crippen LogP contribution in [-0.4, -0.2) is 45.0 Å². The number of sulfone groups is 1. The molecule has 8 rings (SSSR count). The Bertz CT molecular complexity index is 2650. The summed E-state index contributed by atoms with van der Waals surface area (Å²) in [5.41, 5.74) is 1.83. The third-order valence-corrected chi connectivity index (χ3v) is 11.6. The van der Waals surface area contributed by atoms with Crippen molar-refractivity contribution in [3.05, 3.63) is 123 Å². The van der Waals surface area contributed by atoms with Gasteiger partial charge in [0.25, 0.3) is 12.3 Å². The monoisotopic (exact) mass is 811 g/mol.